The van der Waals surface area contributed by atoms with Gasteiger partial charge in [0.1, 0.15) is 0 Å². The number of anilines is 3. The summed E-state index contributed by atoms with van der Waals surface area (Å²) >= 11 is 0. The van der Waals surface area contributed by atoms with Crippen LogP contribution in [0, 0.1) is 0 Å². The highest BCUT2D eigenvalue weighted by Gasteiger charge is 2.45. The molecular weight excluding hydrogens is 663 g/mol. The second kappa shape index (κ2) is 14.1. The summed E-state index contributed by atoms with van der Waals surface area (Å²) < 4.78 is 0. The van der Waals surface area contributed by atoms with Crippen molar-refractivity contribution in [2.75, 3.05) is 4.90 Å². The summed E-state index contributed by atoms with van der Waals surface area (Å²) in [7, 11) is 0. The lowest BCUT2D eigenvalue weighted by atomic mass is 9.68. The molecule has 1 saturated carbocycles. The molecule has 2 aliphatic rings. The zero-order valence-electron chi connectivity index (χ0n) is 31.0. The summed E-state index contributed by atoms with van der Waals surface area (Å²) in [6.07, 6.45) is 6.26. The number of rotatable bonds is 7. The molecule has 0 aliphatic heterocycles. The Morgan fingerprint density at radius 1 is 0.327 bits per heavy atom. The molecule has 0 heterocycles. The third-order valence-corrected chi connectivity index (χ3v) is 12.1. The molecule has 1 spiro atoms. The van der Waals surface area contributed by atoms with Gasteiger partial charge in [0.2, 0.25) is 0 Å². The number of hydrogen-bond acceptors (Lipinski definition) is 1. The minimum atomic E-state index is 0.0605. The third-order valence-electron chi connectivity index (χ3n) is 12.1. The van der Waals surface area contributed by atoms with E-state index in [1.165, 1.54) is 105 Å². The highest BCUT2D eigenvalue weighted by molar-refractivity contribution is 6.01. The van der Waals surface area contributed by atoms with E-state index in [1.54, 1.807) is 0 Å². The maximum Gasteiger partial charge on any atom is 0.0543 e. The van der Waals surface area contributed by atoms with Crippen LogP contribution in [0.5, 0.6) is 0 Å². The number of fused-ring (bicyclic) bond motifs is 5. The van der Waals surface area contributed by atoms with Gasteiger partial charge in [-0.05, 0) is 92.7 Å². The van der Waals surface area contributed by atoms with Crippen molar-refractivity contribution in [1.29, 1.82) is 0 Å². The van der Waals surface area contributed by atoms with Gasteiger partial charge in [-0.3, -0.25) is 0 Å². The lowest BCUT2D eigenvalue weighted by molar-refractivity contribution is 0.353. The van der Waals surface area contributed by atoms with Gasteiger partial charge in [-0.25, -0.2) is 0 Å². The Hall–Kier alpha value is -6.44. The predicted molar refractivity (Wildman–Crippen MR) is 232 cm³/mol. The van der Waals surface area contributed by atoms with Crippen LogP contribution in [0.3, 0.4) is 0 Å². The molecule has 0 saturated heterocycles. The van der Waals surface area contributed by atoms with Gasteiger partial charge in [-0.15, -0.1) is 0 Å². The molecule has 2 aliphatic carbocycles. The van der Waals surface area contributed by atoms with Crippen LogP contribution < -0.4 is 4.90 Å². The van der Waals surface area contributed by atoms with E-state index in [0.29, 0.717) is 0 Å². The fourth-order valence-electron chi connectivity index (χ4n) is 9.67. The van der Waals surface area contributed by atoms with E-state index >= 15 is 0 Å². The van der Waals surface area contributed by atoms with Gasteiger partial charge in [0.05, 0.1) is 11.4 Å². The lowest BCUT2D eigenvalue weighted by Gasteiger charge is -2.36. The van der Waals surface area contributed by atoms with Gasteiger partial charge in [0, 0.05) is 22.2 Å². The molecule has 0 radical (unpaired) electrons. The summed E-state index contributed by atoms with van der Waals surface area (Å²) in [5, 5.41) is 0. The quantitative estimate of drug-likeness (QED) is 0.160. The Balaban J connectivity index is 1.23. The first-order chi connectivity index (χ1) is 27.3. The van der Waals surface area contributed by atoms with Crippen LogP contribution in [0.4, 0.5) is 17.1 Å². The molecule has 0 bridgehead atoms. The molecule has 55 heavy (non-hydrogen) atoms. The van der Waals surface area contributed by atoms with Crippen LogP contribution in [-0.4, -0.2) is 0 Å². The first-order valence-corrected chi connectivity index (χ1v) is 19.8. The van der Waals surface area contributed by atoms with Crippen LogP contribution in [-0.2, 0) is 5.41 Å². The highest BCUT2D eigenvalue weighted by Crippen LogP contribution is 2.59. The maximum absolute atomic E-state index is 2.55. The van der Waals surface area contributed by atoms with E-state index in [4.69, 9.17) is 0 Å². The largest absolute Gasteiger partial charge is 0.309 e. The van der Waals surface area contributed by atoms with Gasteiger partial charge < -0.3 is 4.90 Å². The number of nitrogens with zero attached hydrogens (tertiary/aromatic N) is 1. The summed E-state index contributed by atoms with van der Waals surface area (Å²) in [6, 6.07) is 73.9. The van der Waals surface area contributed by atoms with Gasteiger partial charge >= 0.3 is 0 Å². The Kier molecular flexibility index (Phi) is 8.49. The van der Waals surface area contributed by atoms with Crippen molar-refractivity contribution in [2.24, 2.45) is 0 Å². The minimum absolute atomic E-state index is 0.0605. The van der Waals surface area contributed by atoms with Gasteiger partial charge in [-0.1, -0.05) is 195 Å². The van der Waals surface area contributed by atoms with Gasteiger partial charge in [-0.2, -0.15) is 0 Å². The molecule has 10 rings (SSSR count). The summed E-state index contributed by atoms with van der Waals surface area (Å²) in [6.45, 7) is 0. The second-order valence-corrected chi connectivity index (χ2v) is 15.1. The van der Waals surface area contributed by atoms with Crippen LogP contribution in [0.25, 0.3) is 55.6 Å². The molecule has 0 atom stereocenters. The standard InChI is InChI=1S/C54H43N/c1-4-20-39(21-5-1)41-24-18-25-42(38-41)55(52-35-19-33-50-53(52)48-31-12-14-32-49(48)54(50)36-16-3-17-37-54)51-34-15-13-30-47(51)46-29-11-10-28-45(46)44-27-9-8-26-43(44)40-22-6-2-7-23-40/h1-2,4-15,18-35,38H,3,16-17,36-37H2. The molecule has 0 aromatic heterocycles. The minimum Gasteiger partial charge on any atom is -0.309 e. The molecule has 8 aromatic carbocycles. The average molecular weight is 706 g/mol. The fourth-order valence-corrected chi connectivity index (χ4v) is 9.67. The maximum atomic E-state index is 2.55. The molecule has 1 nitrogen and oxygen atoms in total. The van der Waals surface area contributed by atoms with Gasteiger partial charge in [0.15, 0.2) is 0 Å². The van der Waals surface area contributed by atoms with Crippen molar-refractivity contribution in [1.82, 2.24) is 0 Å². The molecule has 0 amide bonds. The Labute approximate surface area is 325 Å². The second-order valence-electron chi connectivity index (χ2n) is 15.1. The number of para-hydroxylation sites is 1. The predicted octanol–water partition coefficient (Wildman–Crippen LogP) is 15.1. The normalized spacial score (nSPS) is 14.0. The summed E-state index contributed by atoms with van der Waals surface area (Å²) in [5.41, 5.74) is 19.1. The van der Waals surface area contributed by atoms with Gasteiger partial charge in [0.25, 0.3) is 0 Å². The third kappa shape index (κ3) is 5.70. The number of benzene rings is 8. The van der Waals surface area contributed by atoms with E-state index < -0.39 is 0 Å². The van der Waals surface area contributed by atoms with Crippen LogP contribution in [0.2, 0.25) is 0 Å². The average Bonchev–Trinajstić information content (AvgIpc) is 3.54. The van der Waals surface area contributed by atoms with E-state index in [0.717, 1.165) is 11.4 Å². The van der Waals surface area contributed by atoms with Crippen molar-refractivity contribution in [2.45, 2.75) is 37.5 Å². The molecular formula is C54H43N. The molecule has 1 fully saturated rings. The van der Waals surface area contributed by atoms with E-state index in [9.17, 15) is 0 Å². The van der Waals surface area contributed by atoms with Crippen molar-refractivity contribution in [3.63, 3.8) is 0 Å². The van der Waals surface area contributed by atoms with Crippen molar-refractivity contribution >= 4 is 17.1 Å². The van der Waals surface area contributed by atoms with Crippen LogP contribution in [0.1, 0.15) is 43.2 Å². The summed E-state index contributed by atoms with van der Waals surface area (Å²) in [4.78, 5) is 2.55. The molecule has 0 N–H and O–H groups in total. The molecule has 1 heteroatoms. The topological polar surface area (TPSA) is 3.24 Å². The Morgan fingerprint density at radius 2 is 0.818 bits per heavy atom. The van der Waals surface area contributed by atoms with E-state index in [2.05, 4.69) is 205 Å². The molecule has 0 unspecified atom stereocenters. The van der Waals surface area contributed by atoms with Crippen molar-refractivity contribution in [3.05, 3.63) is 211 Å². The fraction of sp³-hybridized carbons (Fsp3) is 0.111. The zero-order chi connectivity index (χ0) is 36.6. The SMILES string of the molecule is c1ccc(-c2cccc(N(c3ccccc3-c3ccccc3-c3ccccc3-c3ccccc3)c3cccc4c3-c3ccccc3C43CCCCC3)c2)cc1. The van der Waals surface area contributed by atoms with Crippen molar-refractivity contribution in [3.8, 4) is 55.6 Å². The zero-order valence-corrected chi connectivity index (χ0v) is 31.0. The first kappa shape index (κ1) is 33.2. The lowest BCUT2D eigenvalue weighted by Crippen LogP contribution is -2.28. The molecule has 8 aromatic rings. The smallest absolute Gasteiger partial charge is 0.0543 e. The summed E-state index contributed by atoms with van der Waals surface area (Å²) in [5.74, 6) is 0. The Morgan fingerprint density at radius 3 is 1.55 bits per heavy atom. The van der Waals surface area contributed by atoms with Crippen molar-refractivity contribution < 1.29 is 0 Å². The first-order valence-electron chi connectivity index (χ1n) is 19.8. The highest BCUT2D eigenvalue weighted by atomic mass is 15.1. The van der Waals surface area contributed by atoms with Crippen LogP contribution >= 0.6 is 0 Å². The van der Waals surface area contributed by atoms with E-state index in [1.807, 2.05) is 0 Å². The van der Waals surface area contributed by atoms with Crippen LogP contribution in [0.15, 0.2) is 200 Å². The monoisotopic (exact) mass is 705 g/mol. The number of hydrogen-bond donors (Lipinski definition) is 0. The molecule has 264 valence electrons. The Bertz CT molecular complexity index is 2630. The van der Waals surface area contributed by atoms with E-state index in [-0.39, 0.29) is 5.41 Å².